The Morgan fingerprint density at radius 1 is 1.11 bits per heavy atom. The minimum Gasteiger partial charge on any atom is -0.455 e. The number of Topliss-reactive ketones (excluding diaryl/α,β-unsaturated/α-hetero) is 1. The number of benzene rings is 2. The molecule has 3 nitrogen and oxygen atoms in total. The van der Waals surface area contributed by atoms with Gasteiger partial charge in [-0.1, -0.05) is 23.7 Å². The molecule has 2 N–H and O–H groups in total. The highest BCUT2D eigenvalue weighted by atomic mass is 35.5. The Morgan fingerprint density at radius 3 is 2.74 bits per heavy atom. The zero-order valence-corrected chi connectivity index (χ0v) is 10.9. The van der Waals surface area contributed by atoms with Crippen LogP contribution >= 0.6 is 11.6 Å². The quantitative estimate of drug-likeness (QED) is 0.846. The Hall–Kier alpha value is -2.00. The van der Waals surface area contributed by atoms with Crippen molar-refractivity contribution >= 4 is 23.1 Å². The number of halogens is 1. The van der Waals surface area contributed by atoms with Gasteiger partial charge >= 0.3 is 0 Å². The summed E-state index contributed by atoms with van der Waals surface area (Å²) in [5.74, 6) is 1.19. The summed E-state index contributed by atoms with van der Waals surface area (Å²) >= 11 is 6.08. The third-order valence-electron chi connectivity index (χ3n) is 3.19. The van der Waals surface area contributed by atoms with Crippen LogP contribution in [0.3, 0.4) is 0 Å². The molecule has 0 radical (unpaired) electrons. The van der Waals surface area contributed by atoms with E-state index in [1.54, 1.807) is 24.3 Å². The molecule has 3 rings (SSSR count). The lowest BCUT2D eigenvalue weighted by atomic mass is 10.1. The molecule has 0 saturated carbocycles. The lowest BCUT2D eigenvalue weighted by molar-refractivity contribution is 0.0992. The van der Waals surface area contributed by atoms with E-state index in [9.17, 15) is 4.79 Å². The van der Waals surface area contributed by atoms with Crippen molar-refractivity contribution in [3.63, 3.8) is 0 Å². The highest BCUT2D eigenvalue weighted by Gasteiger charge is 2.24. The van der Waals surface area contributed by atoms with E-state index in [1.165, 1.54) is 0 Å². The molecule has 0 aliphatic heterocycles. The zero-order chi connectivity index (χ0) is 13.4. The lowest BCUT2D eigenvalue weighted by Crippen LogP contribution is -1.97. The van der Waals surface area contributed by atoms with E-state index in [0.29, 0.717) is 34.2 Å². The van der Waals surface area contributed by atoms with Gasteiger partial charge in [0, 0.05) is 12.1 Å². The summed E-state index contributed by atoms with van der Waals surface area (Å²) in [5, 5.41) is 0.433. The van der Waals surface area contributed by atoms with E-state index >= 15 is 0 Å². The van der Waals surface area contributed by atoms with Crippen molar-refractivity contribution < 1.29 is 9.53 Å². The average Bonchev–Trinajstić information content (AvgIpc) is 2.76. The Balaban J connectivity index is 2.01. The fourth-order valence-electron chi connectivity index (χ4n) is 2.28. The highest BCUT2D eigenvalue weighted by molar-refractivity contribution is 6.32. The summed E-state index contributed by atoms with van der Waals surface area (Å²) in [7, 11) is 0. The van der Waals surface area contributed by atoms with E-state index < -0.39 is 0 Å². The summed E-state index contributed by atoms with van der Waals surface area (Å²) in [6, 6.07) is 10.7. The molecule has 0 aromatic heterocycles. The molecule has 96 valence electrons. The van der Waals surface area contributed by atoms with Crippen molar-refractivity contribution in [1.29, 1.82) is 0 Å². The summed E-state index contributed by atoms with van der Waals surface area (Å²) in [6.07, 6.45) is 1.33. The molecule has 0 fully saturated rings. The topological polar surface area (TPSA) is 52.3 Å². The minimum absolute atomic E-state index is 0.122. The molecule has 0 unspecified atom stereocenters. The molecule has 0 spiro atoms. The van der Waals surface area contributed by atoms with Gasteiger partial charge in [0.05, 0.1) is 10.6 Å². The summed E-state index contributed by atoms with van der Waals surface area (Å²) in [6.45, 7) is 0. The number of hydrogen-bond donors (Lipinski definition) is 1. The first-order chi connectivity index (χ1) is 9.15. The van der Waals surface area contributed by atoms with Gasteiger partial charge in [-0.05, 0) is 36.2 Å². The van der Waals surface area contributed by atoms with Gasteiger partial charge < -0.3 is 10.5 Å². The second-order valence-corrected chi connectivity index (χ2v) is 4.91. The monoisotopic (exact) mass is 273 g/mol. The number of aryl methyl sites for hydroxylation is 1. The van der Waals surface area contributed by atoms with Crippen LogP contribution in [0.2, 0.25) is 5.02 Å². The van der Waals surface area contributed by atoms with Crippen LogP contribution in [-0.4, -0.2) is 5.78 Å². The maximum atomic E-state index is 11.9. The summed E-state index contributed by atoms with van der Waals surface area (Å²) in [4.78, 5) is 11.9. The molecule has 0 bridgehead atoms. The van der Waals surface area contributed by atoms with E-state index in [4.69, 9.17) is 22.1 Å². The maximum Gasteiger partial charge on any atom is 0.167 e. The largest absolute Gasteiger partial charge is 0.455 e. The van der Waals surface area contributed by atoms with Gasteiger partial charge in [0.25, 0.3) is 0 Å². The van der Waals surface area contributed by atoms with E-state index in [-0.39, 0.29) is 5.78 Å². The van der Waals surface area contributed by atoms with Gasteiger partial charge in [0.2, 0.25) is 0 Å². The van der Waals surface area contributed by atoms with E-state index in [2.05, 4.69) is 0 Å². The number of nitrogen functional groups attached to an aromatic ring is 1. The molecule has 0 amide bonds. The molecule has 2 aromatic rings. The van der Waals surface area contributed by atoms with Crippen LogP contribution in [0.15, 0.2) is 36.4 Å². The maximum absolute atomic E-state index is 11.9. The number of carbonyl (C=O) groups excluding carboxylic acids is 1. The molecular formula is C15H12ClNO2. The number of nitrogens with two attached hydrogens (primary N) is 1. The number of carbonyl (C=O) groups is 1. The number of rotatable bonds is 2. The van der Waals surface area contributed by atoms with Crippen molar-refractivity contribution in [1.82, 2.24) is 0 Å². The molecule has 1 aliphatic carbocycles. The van der Waals surface area contributed by atoms with Gasteiger partial charge in [-0.3, -0.25) is 4.79 Å². The first-order valence-electron chi connectivity index (χ1n) is 6.03. The lowest BCUT2D eigenvalue weighted by Gasteiger charge is -2.11. The van der Waals surface area contributed by atoms with E-state index in [1.807, 2.05) is 12.1 Å². The van der Waals surface area contributed by atoms with Crippen LogP contribution in [0.5, 0.6) is 11.5 Å². The van der Waals surface area contributed by atoms with E-state index in [0.717, 1.165) is 12.0 Å². The third kappa shape index (κ3) is 2.17. The van der Waals surface area contributed by atoms with Crippen LogP contribution in [0, 0.1) is 0 Å². The molecular weight excluding hydrogens is 262 g/mol. The van der Waals surface area contributed by atoms with Gasteiger partial charge in [-0.2, -0.15) is 0 Å². The van der Waals surface area contributed by atoms with Crippen LogP contribution in [0.25, 0.3) is 0 Å². The molecule has 4 heteroatoms. The average molecular weight is 274 g/mol. The van der Waals surface area contributed by atoms with Gasteiger partial charge in [-0.25, -0.2) is 0 Å². The van der Waals surface area contributed by atoms with Crippen molar-refractivity contribution in [3.05, 3.63) is 52.5 Å². The van der Waals surface area contributed by atoms with Crippen LogP contribution in [-0.2, 0) is 6.42 Å². The van der Waals surface area contributed by atoms with Gasteiger partial charge in [-0.15, -0.1) is 0 Å². The Kier molecular flexibility index (Phi) is 2.91. The molecule has 0 saturated heterocycles. The molecule has 0 atom stereocenters. The standard InChI is InChI=1S/C15H12ClNO2/c16-11-8-10(17)5-7-13(11)19-14-3-1-2-9-4-6-12(18)15(9)14/h1-3,5,7-8H,4,6,17H2. The second kappa shape index (κ2) is 4.59. The minimum atomic E-state index is 0.122. The van der Waals surface area contributed by atoms with Gasteiger partial charge in [0.15, 0.2) is 5.78 Å². The van der Waals surface area contributed by atoms with Crippen molar-refractivity contribution in [2.45, 2.75) is 12.8 Å². The number of fused-ring (bicyclic) bond motifs is 1. The number of anilines is 1. The first-order valence-corrected chi connectivity index (χ1v) is 6.41. The first kappa shape index (κ1) is 12.1. The van der Waals surface area contributed by atoms with Crippen LogP contribution in [0.1, 0.15) is 22.3 Å². The fraction of sp³-hybridized carbons (Fsp3) is 0.133. The smallest absolute Gasteiger partial charge is 0.167 e. The summed E-state index contributed by atoms with van der Waals surface area (Å²) < 4.78 is 5.77. The molecule has 0 heterocycles. The second-order valence-electron chi connectivity index (χ2n) is 4.51. The van der Waals surface area contributed by atoms with Crippen molar-refractivity contribution in [2.75, 3.05) is 5.73 Å². The predicted octanol–water partition coefficient (Wildman–Crippen LogP) is 3.84. The number of hydrogen-bond acceptors (Lipinski definition) is 3. The fourth-order valence-corrected chi connectivity index (χ4v) is 2.51. The molecule has 1 aliphatic rings. The molecule has 2 aromatic carbocycles. The highest BCUT2D eigenvalue weighted by Crippen LogP contribution is 2.36. The zero-order valence-electron chi connectivity index (χ0n) is 10.2. The number of ether oxygens (including phenoxy) is 1. The van der Waals surface area contributed by atoms with Crippen LogP contribution < -0.4 is 10.5 Å². The Morgan fingerprint density at radius 2 is 1.95 bits per heavy atom. The van der Waals surface area contributed by atoms with Gasteiger partial charge in [0.1, 0.15) is 11.5 Å². The number of ketones is 1. The Labute approximate surface area is 115 Å². The van der Waals surface area contributed by atoms with Crippen molar-refractivity contribution in [2.24, 2.45) is 0 Å². The SMILES string of the molecule is Nc1ccc(Oc2cccc3c2C(=O)CC3)c(Cl)c1. The molecule has 19 heavy (non-hydrogen) atoms. The van der Waals surface area contributed by atoms with Crippen LogP contribution in [0.4, 0.5) is 5.69 Å². The van der Waals surface area contributed by atoms with Crippen molar-refractivity contribution in [3.8, 4) is 11.5 Å². The normalized spacial score (nSPS) is 13.4. The third-order valence-corrected chi connectivity index (χ3v) is 3.48. The predicted molar refractivity (Wildman–Crippen MR) is 75.0 cm³/mol. The summed E-state index contributed by atoms with van der Waals surface area (Å²) in [5.41, 5.74) is 7.93. The Bertz CT molecular complexity index is 667.